The van der Waals surface area contributed by atoms with E-state index in [1.54, 1.807) is 0 Å². The van der Waals surface area contributed by atoms with Crippen LogP contribution in [0.25, 0.3) is 0 Å². The predicted octanol–water partition coefficient (Wildman–Crippen LogP) is 3.52. The normalized spacial score (nSPS) is 16.2. The number of rotatable bonds is 8. The highest BCUT2D eigenvalue weighted by Gasteiger charge is 2.15. The van der Waals surface area contributed by atoms with Crippen LogP contribution in [0.15, 0.2) is 0 Å². The zero-order chi connectivity index (χ0) is 13.5. The van der Waals surface area contributed by atoms with Crippen molar-refractivity contribution < 1.29 is 0 Å². The highest BCUT2D eigenvalue weighted by atomic mass is 15.1. The van der Waals surface area contributed by atoms with Crippen molar-refractivity contribution in [2.75, 3.05) is 19.6 Å². The maximum atomic E-state index is 3.57. The number of nitrogens with zero attached hydrogens (tertiary/aromatic N) is 1. The lowest BCUT2D eigenvalue weighted by atomic mass is 10.1. The Balaban J connectivity index is 3.95. The first-order chi connectivity index (χ1) is 7.80. The minimum atomic E-state index is 0.244. The summed E-state index contributed by atoms with van der Waals surface area (Å²) in [6.45, 7) is 19.5. The molecule has 0 aliphatic carbocycles. The number of nitrogens with one attached hydrogen (secondary N) is 1. The second-order valence-electron chi connectivity index (χ2n) is 6.42. The van der Waals surface area contributed by atoms with Gasteiger partial charge in [0.25, 0.3) is 0 Å². The predicted molar refractivity (Wildman–Crippen MR) is 78.5 cm³/mol. The molecular formula is C15H34N2. The average Bonchev–Trinajstić information content (AvgIpc) is 2.23. The summed E-state index contributed by atoms with van der Waals surface area (Å²) in [4.78, 5) is 2.61. The van der Waals surface area contributed by atoms with Gasteiger partial charge in [-0.2, -0.15) is 0 Å². The van der Waals surface area contributed by atoms with Crippen molar-refractivity contribution in [3.8, 4) is 0 Å². The van der Waals surface area contributed by atoms with Crippen molar-refractivity contribution in [3.63, 3.8) is 0 Å². The van der Waals surface area contributed by atoms with E-state index in [0.29, 0.717) is 6.04 Å². The molecule has 0 aromatic carbocycles. The van der Waals surface area contributed by atoms with Crippen molar-refractivity contribution in [3.05, 3.63) is 0 Å². The molecule has 0 bridgehead atoms. The molecule has 0 radical (unpaired) electrons. The van der Waals surface area contributed by atoms with Gasteiger partial charge in [0.1, 0.15) is 0 Å². The largest absolute Gasteiger partial charge is 0.312 e. The lowest BCUT2D eigenvalue weighted by Crippen LogP contribution is -2.41. The molecule has 0 heterocycles. The second kappa shape index (κ2) is 8.10. The molecule has 0 aliphatic rings. The van der Waals surface area contributed by atoms with E-state index in [4.69, 9.17) is 0 Å². The average molecular weight is 242 g/mol. The highest BCUT2D eigenvalue weighted by molar-refractivity contribution is 4.74. The summed E-state index contributed by atoms with van der Waals surface area (Å²) in [5.41, 5.74) is 0.244. The third kappa shape index (κ3) is 8.62. The fourth-order valence-electron chi connectivity index (χ4n) is 1.99. The van der Waals surface area contributed by atoms with Gasteiger partial charge >= 0.3 is 0 Å². The first-order valence-corrected chi connectivity index (χ1v) is 7.29. The Morgan fingerprint density at radius 2 is 1.71 bits per heavy atom. The van der Waals surface area contributed by atoms with Gasteiger partial charge in [0.05, 0.1) is 0 Å². The molecule has 2 unspecified atom stereocenters. The zero-order valence-corrected chi connectivity index (χ0v) is 13.1. The van der Waals surface area contributed by atoms with E-state index in [1.807, 2.05) is 0 Å². The Morgan fingerprint density at radius 3 is 2.12 bits per heavy atom. The summed E-state index contributed by atoms with van der Waals surface area (Å²) in [6.07, 6.45) is 2.52. The maximum absolute atomic E-state index is 3.57. The van der Waals surface area contributed by atoms with Crippen LogP contribution in [0.5, 0.6) is 0 Å². The molecule has 0 fully saturated rings. The molecule has 2 nitrogen and oxygen atoms in total. The third-order valence-electron chi connectivity index (χ3n) is 3.49. The molecular weight excluding hydrogens is 208 g/mol. The Morgan fingerprint density at radius 1 is 1.12 bits per heavy atom. The van der Waals surface area contributed by atoms with Crippen LogP contribution in [0.1, 0.15) is 61.3 Å². The van der Waals surface area contributed by atoms with Gasteiger partial charge in [-0.1, -0.05) is 27.2 Å². The molecule has 104 valence electrons. The lowest BCUT2D eigenvalue weighted by molar-refractivity contribution is 0.178. The highest BCUT2D eigenvalue weighted by Crippen LogP contribution is 2.10. The summed E-state index contributed by atoms with van der Waals surface area (Å²) < 4.78 is 0. The molecule has 0 aromatic rings. The van der Waals surface area contributed by atoms with Crippen LogP contribution >= 0.6 is 0 Å². The first-order valence-electron chi connectivity index (χ1n) is 7.29. The minimum Gasteiger partial charge on any atom is -0.312 e. The first kappa shape index (κ1) is 16.9. The van der Waals surface area contributed by atoms with Gasteiger partial charge in [-0.3, -0.25) is 0 Å². The minimum absolute atomic E-state index is 0.244. The van der Waals surface area contributed by atoms with E-state index in [2.05, 4.69) is 58.7 Å². The molecule has 0 saturated carbocycles. The van der Waals surface area contributed by atoms with Crippen LogP contribution < -0.4 is 5.32 Å². The van der Waals surface area contributed by atoms with E-state index < -0.39 is 0 Å². The van der Waals surface area contributed by atoms with E-state index >= 15 is 0 Å². The Hall–Kier alpha value is -0.0800. The molecule has 0 aliphatic heterocycles. The lowest BCUT2D eigenvalue weighted by Gasteiger charge is -2.31. The number of hydrogen-bond acceptors (Lipinski definition) is 2. The Labute approximate surface area is 109 Å². The molecule has 0 spiro atoms. The van der Waals surface area contributed by atoms with Crippen molar-refractivity contribution in [2.24, 2.45) is 5.92 Å². The van der Waals surface area contributed by atoms with Crippen molar-refractivity contribution in [1.82, 2.24) is 10.2 Å². The van der Waals surface area contributed by atoms with E-state index in [1.165, 1.54) is 25.9 Å². The smallest absolute Gasteiger partial charge is 0.00965 e. The molecule has 2 atom stereocenters. The van der Waals surface area contributed by atoms with Crippen molar-refractivity contribution in [1.29, 1.82) is 0 Å². The fraction of sp³-hybridized carbons (Fsp3) is 1.00. The standard InChI is InChI=1S/C15H34N2/c1-8-13(3)12-17(9-2)14(4)10-11-16-15(5,6)7/h13-14,16H,8-12H2,1-7H3. The Bertz CT molecular complexity index is 184. The van der Waals surface area contributed by atoms with Crippen LogP contribution in [0, 0.1) is 5.92 Å². The summed E-state index contributed by atoms with van der Waals surface area (Å²) in [5, 5.41) is 3.57. The van der Waals surface area contributed by atoms with Crippen molar-refractivity contribution >= 4 is 0 Å². The molecule has 0 rings (SSSR count). The van der Waals surface area contributed by atoms with Gasteiger partial charge in [-0.15, -0.1) is 0 Å². The molecule has 17 heavy (non-hydrogen) atoms. The summed E-state index contributed by atoms with van der Waals surface area (Å²) >= 11 is 0. The van der Waals surface area contributed by atoms with Crippen LogP contribution in [0.3, 0.4) is 0 Å². The topological polar surface area (TPSA) is 15.3 Å². The molecule has 2 heteroatoms. The quantitative estimate of drug-likeness (QED) is 0.700. The van der Waals surface area contributed by atoms with E-state index in [0.717, 1.165) is 12.5 Å². The van der Waals surface area contributed by atoms with Crippen LogP contribution in [-0.2, 0) is 0 Å². The third-order valence-corrected chi connectivity index (χ3v) is 3.49. The molecule has 1 N–H and O–H groups in total. The van der Waals surface area contributed by atoms with Gasteiger partial charge in [0.2, 0.25) is 0 Å². The van der Waals surface area contributed by atoms with Crippen molar-refractivity contribution in [2.45, 2.75) is 72.9 Å². The SMILES string of the molecule is CCC(C)CN(CC)C(C)CCNC(C)(C)C. The number of hydrogen-bond donors (Lipinski definition) is 1. The zero-order valence-electron chi connectivity index (χ0n) is 13.1. The summed E-state index contributed by atoms with van der Waals surface area (Å²) in [6, 6.07) is 0.684. The fourth-order valence-corrected chi connectivity index (χ4v) is 1.99. The van der Waals surface area contributed by atoms with Gasteiger partial charge in [-0.25, -0.2) is 0 Å². The molecule has 0 aromatic heterocycles. The van der Waals surface area contributed by atoms with E-state index in [-0.39, 0.29) is 5.54 Å². The van der Waals surface area contributed by atoms with E-state index in [9.17, 15) is 0 Å². The van der Waals surface area contributed by atoms with Gasteiger partial charge in [-0.05, 0) is 53.1 Å². The summed E-state index contributed by atoms with van der Waals surface area (Å²) in [5.74, 6) is 0.813. The molecule has 0 saturated heterocycles. The van der Waals surface area contributed by atoms with Crippen LogP contribution in [0.2, 0.25) is 0 Å². The van der Waals surface area contributed by atoms with Gasteiger partial charge in [0.15, 0.2) is 0 Å². The van der Waals surface area contributed by atoms with Crippen LogP contribution in [-0.4, -0.2) is 36.1 Å². The molecule has 0 amide bonds. The summed E-state index contributed by atoms with van der Waals surface area (Å²) in [7, 11) is 0. The van der Waals surface area contributed by atoms with Gasteiger partial charge in [0, 0.05) is 18.1 Å². The maximum Gasteiger partial charge on any atom is 0.00965 e. The van der Waals surface area contributed by atoms with Crippen LogP contribution in [0.4, 0.5) is 0 Å². The second-order valence-corrected chi connectivity index (χ2v) is 6.42. The monoisotopic (exact) mass is 242 g/mol. The Kier molecular flexibility index (Phi) is 8.06. The van der Waals surface area contributed by atoms with Gasteiger partial charge < -0.3 is 10.2 Å².